The number of aromatic nitrogens is 1. The van der Waals surface area contributed by atoms with Gasteiger partial charge in [-0.25, -0.2) is 4.98 Å². The van der Waals surface area contributed by atoms with E-state index in [-0.39, 0.29) is 11.2 Å². The van der Waals surface area contributed by atoms with E-state index < -0.39 is 0 Å². The lowest BCUT2D eigenvalue weighted by Gasteiger charge is -2.28. The summed E-state index contributed by atoms with van der Waals surface area (Å²) in [6.07, 6.45) is 5.92. The van der Waals surface area contributed by atoms with Gasteiger partial charge in [0.2, 0.25) is 0 Å². The van der Waals surface area contributed by atoms with Crippen molar-refractivity contribution in [3.05, 3.63) is 35.5 Å². The van der Waals surface area contributed by atoms with Crippen molar-refractivity contribution in [2.24, 2.45) is 5.41 Å². The maximum atomic E-state index is 11.6. The number of anilines is 1. The number of carbonyl (C=O) groups excluding carboxylic acids is 1. The fraction of sp³-hybridized carbons (Fsp3) is 0.429. The van der Waals surface area contributed by atoms with Gasteiger partial charge < -0.3 is 5.73 Å². The van der Waals surface area contributed by atoms with Crippen LogP contribution in [0.5, 0.6) is 0 Å². The van der Waals surface area contributed by atoms with E-state index >= 15 is 0 Å². The smallest absolute Gasteiger partial charge is 0.156 e. The largest absolute Gasteiger partial charge is 0.384 e. The topological polar surface area (TPSA) is 56.0 Å². The molecule has 0 aliphatic heterocycles. The van der Waals surface area contributed by atoms with E-state index in [0.29, 0.717) is 12.2 Å². The summed E-state index contributed by atoms with van der Waals surface area (Å²) in [4.78, 5) is 15.6. The first-order chi connectivity index (χ1) is 7.94. The van der Waals surface area contributed by atoms with Crippen molar-refractivity contribution in [2.45, 2.75) is 33.1 Å². The summed E-state index contributed by atoms with van der Waals surface area (Å²) < 4.78 is 0. The van der Waals surface area contributed by atoms with E-state index in [0.717, 1.165) is 18.4 Å². The van der Waals surface area contributed by atoms with Gasteiger partial charge in [-0.05, 0) is 42.0 Å². The third kappa shape index (κ3) is 3.16. The van der Waals surface area contributed by atoms with Gasteiger partial charge >= 0.3 is 0 Å². The summed E-state index contributed by atoms with van der Waals surface area (Å²) in [5, 5.41) is 0. The molecule has 1 aliphatic carbocycles. The molecule has 0 amide bonds. The van der Waals surface area contributed by atoms with Gasteiger partial charge in [-0.3, -0.25) is 4.79 Å². The number of hydrogen-bond acceptors (Lipinski definition) is 3. The maximum absolute atomic E-state index is 11.6. The molecule has 0 bridgehead atoms. The number of allylic oxidation sites excluding steroid dienone is 2. The SMILES string of the molecule is CC1(C)CC(=O)C=C(Cc2ccnc(N)c2)C1. The molecule has 1 aromatic rings. The molecule has 0 saturated carbocycles. The van der Waals surface area contributed by atoms with Crippen molar-refractivity contribution in [2.75, 3.05) is 5.73 Å². The Labute approximate surface area is 102 Å². The molecule has 0 spiro atoms. The quantitative estimate of drug-likeness (QED) is 0.849. The molecular formula is C14H18N2O. The van der Waals surface area contributed by atoms with Crippen molar-refractivity contribution in [1.29, 1.82) is 0 Å². The average molecular weight is 230 g/mol. The van der Waals surface area contributed by atoms with Crippen molar-refractivity contribution < 1.29 is 4.79 Å². The van der Waals surface area contributed by atoms with Crippen LogP contribution in [0, 0.1) is 5.41 Å². The highest BCUT2D eigenvalue weighted by molar-refractivity contribution is 5.91. The predicted octanol–water partition coefficient (Wildman–Crippen LogP) is 2.52. The molecule has 1 aliphatic rings. The Balaban J connectivity index is 2.16. The minimum Gasteiger partial charge on any atom is -0.384 e. The summed E-state index contributed by atoms with van der Waals surface area (Å²) in [6.45, 7) is 4.28. The Morgan fingerprint density at radius 2 is 2.18 bits per heavy atom. The molecule has 0 saturated heterocycles. The molecule has 0 aromatic carbocycles. The van der Waals surface area contributed by atoms with Crippen LogP contribution in [0.4, 0.5) is 5.82 Å². The highest BCUT2D eigenvalue weighted by Gasteiger charge is 2.27. The lowest BCUT2D eigenvalue weighted by molar-refractivity contribution is -0.117. The molecule has 3 heteroatoms. The van der Waals surface area contributed by atoms with Crippen LogP contribution in [-0.2, 0) is 11.2 Å². The number of carbonyl (C=O) groups is 1. The zero-order valence-electron chi connectivity index (χ0n) is 10.4. The number of nitrogens with two attached hydrogens (primary N) is 1. The van der Waals surface area contributed by atoms with Crippen LogP contribution in [0.15, 0.2) is 30.0 Å². The van der Waals surface area contributed by atoms with Gasteiger partial charge in [0.05, 0.1) is 0 Å². The zero-order valence-corrected chi connectivity index (χ0v) is 10.4. The fourth-order valence-corrected chi connectivity index (χ4v) is 2.46. The van der Waals surface area contributed by atoms with Crippen LogP contribution in [-0.4, -0.2) is 10.8 Å². The van der Waals surface area contributed by atoms with Crippen LogP contribution in [0.25, 0.3) is 0 Å². The lowest BCUT2D eigenvalue weighted by Crippen LogP contribution is -2.22. The Morgan fingerprint density at radius 3 is 2.82 bits per heavy atom. The second kappa shape index (κ2) is 4.32. The van der Waals surface area contributed by atoms with Gasteiger partial charge in [-0.2, -0.15) is 0 Å². The summed E-state index contributed by atoms with van der Waals surface area (Å²) >= 11 is 0. The highest BCUT2D eigenvalue weighted by atomic mass is 16.1. The molecule has 90 valence electrons. The van der Waals surface area contributed by atoms with Crippen molar-refractivity contribution in [3.8, 4) is 0 Å². The monoisotopic (exact) mass is 230 g/mol. The van der Waals surface area contributed by atoms with Gasteiger partial charge in [0.1, 0.15) is 5.82 Å². The van der Waals surface area contributed by atoms with Crippen molar-refractivity contribution >= 4 is 11.6 Å². The molecule has 0 unspecified atom stereocenters. The minimum absolute atomic E-state index is 0.0831. The van der Waals surface area contributed by atoms with Crippen LogP contribution >= 0.6 is 0 Å². The van der Waals surface area contributed by atoms with Crippen molar-refractivity contribution in [3.63, 3.8) is 0 Å². The van der Waals surface area contributed by atoms with Gasteiger partial charge in [0.25, 0.3) is 0 Å². The molecule has 1 heterocycles. The number of rotatable bonds is 2. The number of pyridine rings is 1. The predicted molar refractivity (Wildman–Crippen MR) is 68.5 cm³/mol. The molecule has 2 rings (SSSR count). The van der Waals surface area contributed by atoms with E-state index in [1.165, 1.54) is 5.57 Å². The fourth-order valence-electron chi connectivity index (χ4n) is 2.46. The standard InChI is InChI=1S/C14H18N2O/c1-14(2)8-11(6-12(17)9-14)5-10-3-4-16-13(15)7-10/h3-4,6-7H,5,8-9H2,1-2H3,(H2,15,16). The summed E-state index contributed by atoms with van der Waals surface area (Å²) in [5.74, 6) is 0.766. The number of nitrogens with zero attached hydrogens (tertiary/aromatic N) is 1. The Hall–Kier alpha value is -1.64. The van der Waals surface area contributed by atoms with Gasteiger partial charge in [0, 0.05) is 12.6 Å². The van der Waals surface area contributed by atoms with Gasteiger partial charge in [-0.1, -0.05) is 19.4 Å². The third-order valence-electron chi connectivity index (χ3n) is 3.00. The van der Waals surface area contributed by atoms with Crippen LogP contribution < -0.4 is 5.73 Å². The molecular weight excluding hydrogens is 212 g/mol. The van der Waals surface area contributed by atoms with Crippen LogP contribution in [0.3, 0.4) is 0 Å². The Morgan fingerprint density at radius 1 is 1.41 bits per heavy atom. The second-order valence-corrected chi connectivity index (χ2v) is 5.55. The number of nitrogen functional groups attached to an aromatic ring is 1. The maximum Gasteiger partial charge on any atom is 0.156 e. The summed E-state index contributed by atoms with van der Waals surface area (Å²) in [6, 6.07) is 3.82. The van der Waals surface area contributed by atoms with Crippen LogP contribution in [0.1, 0.15) is 32.3 Å². The van der Waals surface area contributed by atoms with Gasteiger partial charge in [-0.15, -0.1) is 0 Å². The summed E-state index contributed by atoms with van der Waals surface area (Å²) in [7, 11) is 0. The van der Waals surface area contributed by atoms with Crippen molar-refractivity contribution in [1.82, 2.24) is 4.98 Å². The second-order valence-electron chi connectivity index (χ2n) is 5.55. The molecule has 0 radical (unpaired) electrons. The van der Waals surface area contributed by atoms with E-state index in [4.69, 9.17) is 5.73 Å². The average Bonchev–Trinajstić information content (AvgIpc) is 2.13. The Bertz CT molecular complexity index is 475. The first-order valence-corrected chi connectivity index (χ1v) is 5.87. The zero-order chi connectivity index (χ0) is 12.5. The normalized spacial score (nSPS) is 18.9. The molecule has 1 aromatic heterocycles. The summed E-state index contributed by atoms with van der Waals surface area (Å²) in [5.41, 5.74) is 8.04. The molecule has 2 N–H and O–H groups in total. The van der Waals surface area contributed by atoms with E-state index in [1.54, 1.807) is 12.3 Å². The first-order valence-electron chi connectivity index (χ1n) is 5.87. The van der Waals surface area contributed by atoms with E-state index in [1.807, 2.05) is 12.1 Å². The molecule has 3 nitrogen and oxygen atoms in total. The van der Waals surface area contributed by atoms with Crippen LogP contribution in [0.2, 0.25) is 0 Å². The minimum atomic E-state index is 0.0831. The molecule has 17 heavy (non-hydrogen) atoms. The third-order valence-corrected chi connectivity index (χ3v) is 3.00. The van der Waals surface area contributed by atoms with Gasteiger partial charge in [0.15, 0.2) is 5.78 Å². The first kappa shape index (κ1) is 11.8. The van der Waals surface area contributed by atoms with E-state index in [2.05, 4.69) is 18.8 Å². The lowest BCUT2D eigenvalue weighted by atomic mass is 9.75. The Kier molecular flexibility index (Phi) is 3.01. The highest BCUT2D eigenvalue weighted by Crippen LogP contribution is 2.34. The van der Waals surface area contributed by atoms with E-state index in [9.17, 15) is 4.79 Å². The molecule has 0 atom stereocenters. The number of hydrogen-bond donors (Lipinski definition) is 1. The number of ketones is 1. The molecule has 0 fully saturated rings.